The Morgan fingerprint density at radius 1 is 1.32 bits per heavy atom. The molecular weight excluding hydrogens is 244 g/mol. The van der Waals surface area contributed by atoms with Gasteiger partial charge in [-0.2, -0.15) is 0 Å². The fraction of sp³-hybridized carbons (Fsp3) is 0.500. The Labute approximate surface area is 113 Å². The molecule has 2 rings (SSSR count). The lowest BCUT2D eigenvalue weighted by atomic mass is 10.0. The number of hydrogen-bond donors (Lipinski definition) is 1. The highest BCUT2D eigenvalue weighted by molar-refractivity contribution is 5.80. The molecule has 1 heterocycles. The molecule has 0 aromatic heterocycles. The standard InChI is InChI=1S/C14H20N2O3/c1-14(2)18-11-6-5-9(8-12(11)19-14)7-10(13(15)17)16(3)4/h5-6,8,10H,7H2,1-4H3,(H2,15,17). The number of nitrogens with zero attached hydrogens (tertiary/aromatic N) is 1. The topological polar surface area (TPSA) is 64.8 Å². The summed E-state index contributed by atoms with van der Waals surface area (Å²) in [5.74, 6) is 0.479. The van der Waals surface area contributed by atoms with Gasteiger partial charge in [0.15, 0.2) is 11.5 Å². The summed E-state index contributed by atoms with van der Waals surface area (Å²) in [4.78, 5) is 13.2. The second kappa shape index (κ2) is 4.74. The van der Waals surface area contributed by atoms with Crippen LogP contribution in [0.25, 0.3) is 0 Å². The minimum Gasteiger partial charge on any atom is -0.449 e. The Kier molecular flexibility index (Phi) is 3.41. The Morgan fingerprint density at radius 2 is 1.95 bits per heavy atom. The van der Waals surface area contributed by atoms with Gasteiger partial charge < -0.3 is 15.2 Å². The number of benzene rings is 1. The zero-order valence-electron chi connectivity index (χ0n) is 11.8. The maximum Gasteiger partial charge on any atom is 0.246 e. The van der Waals surface area contributed by atoms with Crippen LogP contribution < -0.4 is 15.2 Å². The number of fused-ring (bicyclic) bond motifs is 1. The summed E-state index contributed by atoms with van der Waals surface area (Å²) in [6, 6.07) is 5.38. The van der Waals surface area contributed by atoms with Gasteiger partial charge in [-0.3, -0.25) is 9.69 Å². The highest BCUT2D eigenvalue weighted by Crippen LogP contribution is 2.39. The van der Waals surface area contributed by atoms with E-state index in [0.717, 1.165) is 11.3 Å². The first-order valence-electron chi connectivity index (χ1n) is 6.25. The zero-order valence-corrected chi connectivity index (χ0v) is 11.8. The van der Waals surface area contributed by atoms with E-state index in [1.165, 1.54) is 0 Å². The third-order valence-corrected chi connectivity index (χ3v) is 3.10. The summed E-state index contributed by atoms with van der Waals surface area (Å²) in [6.45, 7) is 3.72. The van der Waals surface area contributed by atoms with Crippen molar-refractivity contribution in [2.75, 3.05) is 14.1 Å². The largest absolute Gasteiger partial charge is 0.449 e. The fourth-order valence-electron chi connectivity index (χ4n) is 2.15. The van der Waals surface area contributed by atoms with Crippen LogP contribution in [0.4, 0.5) is 0 Å². The van der Waals surface area contributed by atoms with Gasteiger partial charge in [0.05, 0.1) is 6.04 Å². The van der Waals surface area contributed by atoms with Crippen molar-refractivity contribution < 1.29 is 14.3 Å². The minimum absolute atomic E-state index is 0.326. The van der Waals surface area contributed by atoms with E-state index in [9.17, 15) is 4.79 Å². The minimum atomic E-state index is -0.633. The van der Waals surface area contributed by atoms with Crippen LogP contribution in [0.2, 0.25) is 0 Å². The predicted octanol–water partition coefficient (Wildman–Crippen LogP) is 1.15. The number of hydrogen-bond acceptors (Lipinski definition) is 4. The predicted molar refractivity (Wildman–Crippen MR) is 72.2 cm³/mol. The van der Waals surface area contributed by atoms with Gasteiger partial charge in [-0.1, -0.05) is 6.07 Å². The lowest BCUT2D eigenvalue weighted by Gasteiger charge is -2.21. The average Bonchev–Trinajstić information content (AvgIpc) is 2.57. The van der Waals surface area contributed by atoms with E-state index in [1.807, 2.05) is 51.0 Å². The molecule has 0 spiro atoms. The maximum atomic E-state index is 11.4. The lowest BCUT2D eigenvalue weighted by molar-refractivity contribution is -0.122. The van der Waals surface area contributed by atoms with Crippen molar-refractivity contribution >= 4 is 5.91 Å². The zero-order chi connectivity index (χ0) is 14.2. The van der Waals surface area contributed by atoms with Crippen LogP contribution in [-0.4, -0.2) is 36.7 Å². The molecule has 19 heavy (non-hydrogen) atoms. The molecule has 0 fully saturated rings. The van der Waals surface area contributed by atoms with Gasteiger partial charge >= 0.3 is 0 Å². The van der Waals surface area contributed by atoms with Gasteiger partial charge in [0.1, 0.15) is 0 Å². The second-order valence-electron chi connectivity index (χ2n) is 5.47. The smallest absolute Gasteiger partial charge is 0.246 e. The summed E-state index contributed by atoms with van der Waals surface area (Å²) < 4.78 is 11.3. The van der Waals surface area contributed by atoms with Gasteiger partial charge in [0.2, 0.25) is 11.7 Å². The first kappa shape index (κ1) is 13.7. The molecule has 5 heteroatoms. The summed E-state index contributed by atoms with van der Waals surface area (Å²) in [7, 11) is 3.68. The molecule has 0 saturated carbocycles. The molecule has 0 radical (unpaired) electrons. The number of carbonyl (C=O) groups is 1. The van der Waals surface area contributed by atoms with Crippen molar-refractivity contribution in [2.24, 2.45) is 5.73 Å². The molecule has 0 saturated heterocycles. The molecule has 1 aromatic rings. The molecule has 104 valence electrons. The quantitative estimate of drug-likeness (QED) is 0.886. The molecule has 1 aromatic carbocycles. The first-order valence-corrected chi connectivity index (χ1v) is 6.25. The Hall–Kier alpha value is -1.75. The van der Waals surface area contributed by atoms with Crippen molar-refractivity contribution in [3.05, 3.63) is 23.8 Å². The Morgan fingerprint density at radius 3 is 2.53 bits per heavy atom. The first-order chi connectivity index (χ1) is 8.78. The van der Waals surface area contributed by atoms with Crippen molar-refractivity contribution in [1.82, 2.24) is 4.90 Å². The third-order valence-electron chi connectivity index (χ3n) is 3.10. The number of rotatable bonds is 4. The summed E-state index contributed by atoms with van der Waals surface area (Å²) in [5, 5.41) is 0. The number of ether oxygens (including phenoxy) is 2. The van der Waals surface area contributed by atoms with Gasteiger partial charge in [-0.15, -0.1) is 0 Å². The number of amides is 1. The van der Waals surface area contributed by atoms with Crippen molar-refractivity contribution in [3.63, 3.8) is 0 Å². The molecule has 1 aliphatic heterocycles. The normalized spacial score (nSPS) is 17.5. The van der Waals surface area contributed by atoms with Crippen molar-refractivity contribution in [3.8, 4) is 11.5 Å². The number of carbonyl (C=O) groups excluding carboxylic acids is 1. The molecule has 1 unspecified atom stereocenters. The van der Waals surface area contributed by atoms with E-state index >= 15 is 0 Å². The van der Waals surface area contributed by atoms with E-state index in [1.54, 1.807) is 0 Å². The van der Waals surface area contributed by atoms with Gasteiger partial charge in [0, 0.05) is 13.8 Å². The van der Waals surface area contributed by atoms with Gasteiger partial charge in [-0.25, -0.2) is 0 Å². The van der Waals surface area contributed by atoms with E-state index in [4.69, 9.17) is 15.2 Å². The van der Waals surface area contributed by atoms with Crippen LogP contribution in [-0.2, 0) is 11.2 Å². The monoisotopic (exact) mass is 264 g/mol. The Balaban J connectivity index is 2.18. The van der Waals surface area contributed by atoms with E-state index in [-0.39, 0.29) is 11.9 Å². The summed E-state index contributed by atoms with van der Waals surface area (Å²) in [5.41, 5.74) is 6.40. The van der Waals surface area contributed by atoms with Gasteiger partial charge in [-0.05, 0) is 38.2 Å². The van der Waals surface area contributed by atoms with E-state index < -0.39 is 5.79 Å². The molecule has 1 aliphatic rings. The van der Waals surface area contributed by atoms with Crippen molar-refractivity contribution in [1.29, 1.82) is 0 Å². The van der Waals surface area contributed by atoms with Crippen LogP contribution >= 0.6 is 0 Å². The van der Waals surface area contributed by atoms with Crippen LogP contribution in [0.1, 0.15) is 19.4 Å². The van der Waals surface area contributed by atoms with E-state index in [0.29, 0.717) is 12.2 Å². The average molecular weight is 264 g/mol. The summed E-state index contributed by atoms with van der Waals surface area (Å²) >= 11 is 0. The maximum absolute atomic E-state index is 11.4. The number of nitrogens with two attached hydrogens (primary N) is 1. The van der Waals surface area contributed by atoms with Gasteiger partial charge in [0.25, 0.3) is 0 Å². The molecule has 1 amide bonds. The van der Waals surface area contributed by atoms with Crippen LogP contribution in [0, 0.1) is 0 Å². The van der Waals surface area contributed by atoms with Crippen LogP contribution in [0.5, 0.6) is 11.5 Å². The molecule has 1 atom stereocenters. The second-order valence-corrected chi connectivity index (χ2v) is 5.47. The molecular formula is C14H20N2O3. The highest BCUT2D eigenvalue weighted by atomic mass is 16.7. The van der Waals surface area contributed by atoms with Crippen LogP contribution in [0.15, 0.2) is 18.2 Å². The van der Waals surface area contributed by atoms with Crippen molar-refractivity contribution in [2.45, 2.75) is 32.1 Å². The number of primary amides is 1. The SMILES string of the molecule is CN(C)C(Cc1ccc2c(c1)OC(C)(C)O2)C(N)=O. The summed E-state index contributed by atoms with van der Waals surface area (Å²) in [6.07, 6.45) is 0.555. The fourth-order valence-corrected chi connectivity index (χ4v) is 2.15. The Bertz CT molecular complexity index is 497. The third kappa shape index (κ3) is 2.98. The van der Waals surface area contributed by atoms with E-state index in [2.05, 4.69) is 0 Å². The molecule has 0 bridgehead atoms. The lowest BCUT2D eigenvalue weighted by Crippen LogP contribution is -2.41. The molecule has 0 aliphatic carbocycles. The number of likely N-dealkylation sites (N-methyl/N-ethyl adjacent to an activating group) is 1. The highest BCUT2D eigenvalue weighted by Gasteiger charge is 2.31. The van der Waals surface area contributed by atoms with Crippen LogP contribution in [0.3, 0.4) is 0 Å². The molecule has 2 N–H and O–H groups in total. The molecule has 5 nitrogen and oxygen atoms in total.